The van der Waals surface area contributed by atoms with Gasteiger partial charge < -0.3 is 5.32 Å². The normalized spacial score (nSPS) is 11.2. The molecule has 4 nitrogen and oxygen atoms in total. The fourth-order valence-electron chi connectivity index (χ4n) is 1.70. The lowest BCUT2D eigenvalue weighted by Crippen LogP contribution is -2.17. The topological polar surface area (TPSA) is 54.0 Å². The van der Waals surface area contributed by atoms with Crippen LogP contribution in [0.4, 0.5) is 24.0 Å². The van der Waals surface area contributed by atoms with Crippen LogP contribution in [-0.2, 0) is 6.18 Å². The number of thiazole rings is 1. The highest BCUT2D eigenvalue weighted by atomic mass is 32.1. The maximum Gasteiger partial charge on any atom is 0.418 e. The molecule has 0 atom stereocenters. The van der Waals surface area contributed by atoms with Crippen LogP contribution in [0.5, 0.6) is 0 Å². The smallest absolute Gasteiger partial charge is 0.387 e. The Balaban J connectivity index is 2.39. The quantitative estimate of drug-likeness (QED) is 0.913. The first-order valence-corrected chi connectivity index (χ1v) is 6.40. The minimum Gasteiger partial charge on any atom is -0.387 e. The van der Waals surface area contributed by atoms with Gasteiger partial charge in [-0.15, -0.1) is 11.3 Å². The molecule has 1 aromatic carbocycles. The van der Waals surface area contributed by atoms with Crippen LogP contribution in [0.2, 0.25) is 0 Å². The van der Waals surface area contributed by atoms with Crippen molar-refractivity contribution in [2.75, 3.05) is 17.7 Å². The van der Waals surface area contributed by atoms with E-state index in [0.717, 1.165) is 6.07 Å². The van der Waals surface area contributed by atoms with Gasteiger partial charge >= 0.3 is 6.18 Å². The number of para-hydroxylation sites is 1. The Morgan fingerprint density at radius 3 is 2.65 bits per heavy atom. The molecule has 0 fully saturated rings. The van der Waals surface area contributed by atoms with Crippen molar-refractivity contribution in [3.05, 3.63) is 40.9 Å². The van der Waals surface area contributed by atoms with Crippen LogP contribution in [0.25, 0.3) is 0 Å². The molecule has 0 aliphatic carbocycles. The maximum absolute atomic E-state index is 12.9. The zero-order chi connectivity index (χ0) is 14.8. The summed E-state index contributed by atoms with van der Waals surface area (Å²) in [6.45, 7) is 0. The van der Waals surface area contributed by atoms with E-state index in [0.29, 0.717) is 5.13 Å². The largest absolute Gasteiger partial charge is 0.418 e. The second kappa shape index (κ2) is 5.49. The first-order valence-electron chi connectivity index (χ1n) is 5.52. The van der Waals surface area contributed by atoms with E-state index in [9.17, 15) is 18.0 Å². The number of rotatable bonds is 3. The molecule has 1 heterocycles. The van der Waals surface area contributed by atoms with Crippen molar-refractivity contribution >= 4 is 28.1 Å². The molecule has 0 aliphatic heterocycles. The Hall–Kier alpha value is -2.09. The van der Waals surface area contributed by atoms with E-state index in [4.69, 9.17) is 0 Å². The van der Waals surface area contributed by atoms with Crippen molar-refractivity contribution in [1.82, 2.24) is 4.98 Å². The highest BCUT2D eigenvalue weighted by molar-refractivity contribution is 7.13. The maximum atomic E-state index is 12.9. The van der Waals surface area contributed by atoms with Gasteiger partial charge in [0.2, 0.25) is 0 Å². The summed E-state index contributed by atoms with van der Waals surface area (Å²) in [7, 11) is 1.34. The number of alkyl halides is 3. The predicted molar refractivity (Wildman–Crippen MR) is 71.1 cm³/mol. The third-order valence-corrected chi connectivity index (χ3v) is 3.21. The molecule has 0 radical (unpaired) electrons. The lowest BCUT2D eigenvalue weighted by Gasteiger charge is -2.15. The number of nitrogens with zero attached hydrogens (tertiary/aromatic N) is 1. The van der Waals surface area contributed by atoms with E-state index in [1.165, 1.54) is 36.7 Å². The van der Waals surface area contributed by atoms with Gasteiger partial charge in [0.05, 0.1) is 16.8 Å². The van der Waals surface area contributed by atoms with Crippen molar-refractivity contribution in [2.24, 2.45) is 0 Å². The van der Waals surface area contributed by atoms with Crippen LogP contribution >= 0.6 is 11.3 Å². The number of carbonyl (C=O) groups excluding carboxylic acids is 1. The van der Waals surface area contributed by atoms with Crippen LogP contribution in [0.1, 0.15) is 15.9 Å². The summed E-state index contributed by atoms with van der Waals surface area (Å²) in [6, 6.07) is 3.44. The first-order chi connectivity index (χ1) is 9.43. The molecule has 0 aliphatic rings. The van der Waals surface area contributed by atoms with Crippen LogP contribution in [0, 0.1) is 0 Å². The van der Waals surface area contributed by atoms with Gasteiger partial charge in [-0.3, -0.25) is 10.1 Å². The molecular formula is C12H10F3N3OS. The molecule has 0 unspecified atom stereocenters. The SMILES string of the molecule is CNc1c(C(=O)Nc2nccs2)cccc1C(F)(F)F. The Bertz CT molecular complexity index is 611. The average Bonchev–Trinajstić information content (AvgIpc) is 2.89. The lowest BCUT2D eigenvalue weighted by atomic mass is 10.1. The monoisotopic (exact) mass is 301 g/mol. The standard InChI is InChI=1S/C12H10F3N3OS/c1-16-9-7(3-2-4-8(9)12(13,14)15)10(19)18-11-17-5-6-20-11/h2-6,16H,1H3,(H,17,18,19). The summed E-state index contributed by atoms with van der Waals surface area (Å²) in [5.41, 5.74) is -1.22. The number of halogens is 3. The molecule has 0 saturated carbocycles. The number of hydrogen-bond donors (Lipinski definition) is 2. The third-order valence-electron chi connectivity index (χ3n) is 2.52. The first kappa shape index (κ1) is 14.3. The zero-order valence-electron chi connectivity index (χ0n) is 10.3. The van der Waals surface area contributed by atoms with Gasteiger partial charge in [-0.1, -0.05) is 6.07 Å². The Labute approximate surface area is 116 Å². The van der Waals surface area contributed by atoms with Crippen molar-refractivity contribution in [3.63, 3.8) is 0 Å². The lowest BCUT2D eigenvalue weighted by molar-refractivity contribution is -0.136. The number of nitrogens with one attached hydrogen (secondary N) is 2. The molecule has 106 valence electrons. The van der Waals surface area contributed by atoms with Gasteiger partial charge in [0.15, 0.2) is 5.13 Å². The van der Waals surface area contributed by atoms with Crippen LogP contribution < -0.4 is 10.6 Å². The minimum absolute atomic E-state index is 0.0856. The molecule has 0 saturated heterocycles. The number of anilines is 2. The van der Waals surface area contributed by atoms with E-state index in [2.05, 4.69) is 15.6 Å². The molecule has 2 rings (SSSR count). The minimum atomic E-state index is -4.53. The van der Waals surface area contributed by atoms with Crippen molar-refractivity contribution in [2.45, 2.75) is 6.18 Å². The van der Waals surface area contributed by atoms with Crippen molar-refractivity contribution in [3.8, 4) is 0 Å². The predicted octanol–water partition coefficient (Wildman–Crippen LogP) is 3.46. The summed E-state index contributed by atoms with van der Waals surface area (Å²) < 4.78 is 38.6. The number of benzene rings is 1. The molecular weight excluding hydrogens is 291 g/mol. The molecule has 1 amide bonds. The third kappa shape index (κ3) is 2.90. The summed E-state index contributed by atoms with van der Waals surface area (Å²) >= 11 is 1.18. The number of aromatic nitrogens is 1. The second-order valence-corrected chi connectivity index (χ2v) is 4.66. The Morgan fingerprint density at radius 2 is 2.10 bits per heavy atom. The molecule has 0 bridgehead atoms. The molecule has 2 N–H and O–H groups in total. The summed E-state index contributed by atoms with van der Waals surface area (Å²) in [5.74, 6) is -0.643. The van der Waals surface area contributed by atoms with Crippen LogP contribution in [0.15, 0.2) is 29.8 Å². The highest BCUT2D eigenvalue weighted by Gasteiger charge is 2.35. The van der Waals surface area contributed by atoms with Crippen LogP contribution in [-0.4, -0.2) is 17.9 Å². The van der Waals surface area contributed by atoms with E-state index < -0.39 is 17.6 Å². The summed E-state index contributed by atoms with van der Waals surface area (Å²) in [6.07, 6.45) is -3.04. The Morgan fingerprint density at radius 1 is 1.35 bits per heavy atom. The summed E-state index contributed by atoms with van der Waals surface area (Å²) in [4.78, 5) is 15.9. The molecule has 20 heavy (non-hydrogen) atoms. The van der Waals surface area contributed by atoms with Gasteiger partial charge in [0.1, 0.15) is 0 Å². The van der Waals surface area contributed by atoms with E-state index in [1.54, 1.807) is 5.38 Å². The van der Waals surface area contributed by atoms with Crippen molar-refractivity contribution < 1.29 is 18.0 Å². The van der Waals surface area contributed by atoms with E-state index in [1.807, 2.05) is 0 Å². The van der Waals surface area contributed by atoms with Gasteiger partial charge in [-0.25, -0.2) is 4.98 Å². The fourth-order valence-corrected chi connectivity index (χ4v) is 2.22. The number of amides is 1. The number of hydrogen-bond acceptors (Lipinski definition) is 4. The number of carbonyl (C=O) groups is 1. The van der Waals surface area contributed by atoms with Gasteiger partial charge in [0, 0.05) is 18.6 Å². The Kier molecular flexibility index (Phi) is 3.93. The van der Waals surface area contributed by atoms with Gasteiger partial charge in [-0.05, 0) is 12.1 Å². The molecule has 0 spiro atoms. The summed E-state index contributed by atoms with van der Waals surface area (Å²) in [5, 5.41) is 6.87. The van der Waals surface area contributed by atoms with Crippen molar-refractivity contribution in [1.29, 1.82) is 0 Å². The van der Waals surface area contributed by atoms with Gasteiger partial charge in [-0.2, -0.15) is 13.2 Å². The van der Waals surface area contributed by atoms with E-state index >= 15 is 0 Å². The van der Waals surface area contributed by atoms with Gasteiger partial charge in [0.25, 0.3) is 5.91 Å². The zero-order valence-corrected chi connectivity index (χ0v) is 11.1. The second-order valence-electron chi connectivity index (χ2n) is 3.77. The van der Waals surface area contributed by atoms with E-state index in [-0.39, 0.29) is 11.3 Å². The highest BCUT2D eigenvalue weighted by Crippen LogP contribution is 2.36. The molecule has 1 aromatic heterocycles. The fraction of sp³-hybridized carbons (Fsp3) is 0.167. The average molecular weight is 301 g/mol. The molecule has 2 aromatic rings. The van der Waals surface area contributed by atoms with Crippen LogP contribution in [0.3, 0.4) is 0 Å². The molecule has 8 heteroatoms.